The molecule has 3 aliphatic heterocycles. The summed E-state index contributed by atoms with van der Waals surface area (Å²) < 4.78 is 34.4. The van der Waals surface area contributed by atoms with E-state index in [0.717, 1.165) is 10.6 Å². The van der Waals surface area contributed by atoms with Crippen molar-refractivity contribution in [2.45, 2.75) is 31.0 Å². The van der Waals surface area contributed by atoms with Gasteiger partial charge in [-0.25, -0.2) is 13.8 Å². The van der Waals surface area contributed by atoms with Crippen molar-refractivity contribution in [3.63, 3.8) is 0 Å². The van der Waals surface area contributed by atoms with Crippen LogP contribution in [-0.4, -0.2) is 77.7 Å². The van der Waals surface area contributed by atoms with Crippen LogP contribution in [0.4, 0.5) is 8.78 Å². The smallest absolute Gasteiger partial charge is 0.294 e. The monoisotopic (exact) mass is 356 g/mol. The van der Waals surface area contributed by atoms with Crippen LogP contribution in [0.1, 0.15) is 6.42 Å². The van der Waals surface area contributed by atoms with E-state index in [-0.39, 0.29) is 5.84 Å². The summed E-state index contributed by atoms with van der Waals surface area (Å²) in [6, 6.07) is 0. The van der Waals surface area contributed by atoms with Gasteiger partial charge >= 0.3 is 0 Å². The van der Waals surface area contributed by atoms with E-state index < -0.39 is 31.0 Å². The Morgan fingerprint density at radius 3 is 3.08 bits per heavy atom. The van der Waals surface area contributed by atoms with E-state index in [1.165, 1.54) is 18.5 Å². The largest absolute Gasteiger partial charge is 0.386 e. The molecular weight excluding hydrogens is 334 g/mol. The highest BCUT2D eigenvalue weighted by Gasteiger charge is 2.54. The van der Waals surface area contributed by atoms with Gasteiger partial charge < -0.3 is 31.2 Å². The number of ether oxygens (including phenoxy) is 1. The van der Waals surface area contributed by atoms with Crippen molar-refractivity contribution < 1.29 is 18.6 Å². The molecule has 3 heterocycles. The minimum absolute atomic E-state index is 0.0768. The predicted molar refractivity (Wildman–Crippen MR) is 88.1 cm³/mol. The molecule has 0 aliphatic carbocycles. The molecule has 2 saturated heterocycles. The number of amidine groups is 1. The van der Waals surface area contributed by atoms with E-state index in [4.69, 9.17) is 15.9 Å². The molecule has 0 spiro atoms. The molecule has 0 aromatic rings. The first kappa shape index (κ1) is 17.8. The Balaban J connectivity index is 1.63. The molecule has 25 heavy (non-hydrogen) atoms. The summed E-state index contributed by atoms with van der Waals surface area (Å²) in [5.74, 6) is -3.04. The number of nitrogens with one attached hydrogen (secondary N) is 2. The number of hydrogen-bond acceptors (Lipinski definition) is 8. The van der Waals surface area contributed by atoms with Crippen molar-refractivity contribution in [1.29, 1.82) is 5.41 Å². The van der Waals surface area contributed by atoms with Gasteiger partial charge in [-0.2, -0.15) is 0 Å². The van der Waals surface area contributed by atoms with E-state index in [1.807, 2.05) is 4.90 Å². The summed E-state index contributed by atoms with van der Waals surface area (Å²) in [5.41, 5.74) is 6.33. The molecule has 3 atom stereocenters. The molecule has 0 aromatic heterocycles. The Labute approximate surface area is 144 Å². The number of piperazine rings is 1. The number of nitrogens with two attached hydrogens (primary N) is 1. The van der Waals surface area contributed by atoms with Crippen LogP contribution in [0.25, 0.3) is 0 Å². The van der Waals surface area contributed by atoms with Gasteiger partial charge in [0.15, 0.2) is 6.23 Å². The number of halogens is 2. The Kier molecular flexibility index (Phi) is 5.02. The first-order valence-corrected chi connectivity index (χ1v) is 8.05. The molecule has 0 amide bonds. The summed E-state index contributed by atoms with van der Waals surface area (Å²) in [6.07, 6.45) is 1.31. The van der Waals surface area contributed by atoms with Crippen LogP contribution in [0.2, 0.25) is 0 Å². The van der Waals surface area contributed by atoms with Crippen LogP contribution in [0, 0.1) is 5.41 Å². The number of aliphatic hydroxyl groups is 1. The molecule has 3 aliphatic rings. The second-order valence-electron chi connectivity index (χ2n) is 6.26. The third-order valence-corrected chi connectivity index (χ3v) is 4.32. The maximum atomic E-state index is 14.4. The highest BCUT2D eigenvalue weighted by atomic mass is 19.3. The predicted octanol–water partition coefficient (Wildman–Crippen LogP) is -0.362. The quantitative estimate of drug-likeness (QED) is 0.512. The maximum Gasteiger partial charge on any atom is 0.294 e. The van der Waals surface area contributed by atoms with Gasteiger partial charge in [0.05, 0.1) is 6.10 Å². The molecule has 10 heteroatoms. The van der Waals surface area contributed by atoms with E-state index in [0.29, 0.717) is 26.2 Å². The van der Waals surface area contributed by atoms with E-state index in [2.05, 4.69) is 10.3 Å². The van der Waals surface area contributed by atoms with E-state index in [1.54, 1.807) is 6.08 Å². The molecule has 2 fully saturated rings. The first-order valence-electron chi connectivity index (χ1n) is 8.05. The van der Waals surface area contributed by atoms with Crippen molar-refractivity contribution in [2.24, 2.45) is 10.7 Å². The zero-order chi connectivity index (χ0) is 18.0. The SMILES string of the molecule is N=C/C=C1/CN(C[C@@H]2CC(F)(F)[C@H](N3C=CC(N)=NC3O)O2)CCN1. The number of nitrogens with zero attached hydrogens (tertiary/aromatic N) is 3. The number of rotatable bonds is 4. The number of alkyl halides is 2. The van der Waals surface area contributed by atoms with Gasteiger partial charge in [-0.1, -0.05) is 0 Å². The average molecular weight is 356 g/mol. The van der Waals surface area contributed by atoms with Crippen molar-refractivity contribution in [1.82, 2.24) is 15.1 Å². The van der Waals surface area contributed by atoms with E-state index in [9.17, 15) is 13.9 Å². The lowest BCUT2D eigenvalue weighted by Gasteiger charge is -2.34. The number of hydrogen-bond donors (Lipinski definition) is 4. The summed E-state index contributed by atoms with van der Waals surface area (Å²) in [7, 11) is 0. The van der Waals surface area contributed by atoms with Gasteiger partial charge in [0, 0.05) is 50.7 Å². The molecule has 1 unspecified atom stereocenters. The van der Waals surface area contributed by atoms with Crippen molar-refractivity contribution in [2.75, 3.05) is 26.2 Å². The van der Waals surface area contributed by atoms with Crippen LogP contribution >= 0.6 is 0 Å². The Morgan fingerprint density at radius 2 is 2.36 bits per heavy atom. The molecular formula is C15H22F2N6O2. The third kappa shape index (κ3) is 3.97. The van der Waals surface area contributed by atoms with E-state index >= 15 is 0 Å². The second kappa shape index (κ2) is 7.06. The van der Waals surface area contributed by atoms with Crippen LogP contribution in [-0.2, 0) is 4.74 Å². The number of aliphatic imine (C=N–C) groups is 1. The van der Waals surface area contributed by atoms with Gasteiger partial charge in [0.1, 0.15) is 5.84 Å². The van der Waals surface area contributed by atoms with Crippen LogP contribution in [0.3, 0.4) is 0 Å². The fourth-order valence-electron chi connectivity index (χ4n) is 3.22. The van der Waals surface area contributed by atoms with Gasteiger partial charge in [-0.05, 0) is 12.2 Å². The topological polar surface area (TPSA) is 110 Å². The van der Waals surface area contributed by atoms with Crippen molar-refractivity contribution in [3.8, 4) is 0 Å². The fraction of sp³-hybridized carbons (Fsp3) is 0.600. The number of allylic oxidation sites excluding steroid dienone is 1. The van der Waals surface area contributed by atoms with Crippen molar-refractivity contribution >= 4 is 12.1 Å². The van der Waals surface area contributed by atoms with Crippen LogP contribution in [0.15, 0.2) is 29.0 Å². The summed E-state index contributed by atoms with van der Waals surface area (Å²) in [4.78, 5) is 6.66. The Hall–Kier alpha value is -2.04. The molecule has 0 radical (unpaired) electrons. The third-order valence-electron chi connectivity index (χ3n) is 4.32. The lowest BCUT2D eigenvalue weighted by atomic mass is 10.1. The average Bonchev–Trinajstić information content (AvgIpc) is 2.82. The fourth-order valence-corrected chi connectivity index (χ4v) is 3.22. The molecule has 8 nitrogen and oxygen atoms in total. The van der Waals surface area contributed by atoms with Gasteiger partial charge in [-0.15, -0.1) is 0 Å². The zero-order valence-electron chi connectivity index (χ0n) is 13.6. The normalized spacial score (nSPS) is 34.0. The van der Waals surface area contributed by atoms with Crippen LogP contribution in [0.5, 0.6) is 0 Å². The highest BCUT2D eigenvalue weighted by Crippen LogP contribution is 2.39. The second-order valence-corrected chi connectivity index (χ2v) is 6.26. The minimum Gasteiger partial charge on any atom is -0.386 e. The molecule has 3 rings (SSSR count). The summed E-state index contributed by atoms with van der Waals surface area (Å²) in [6.45, 7) is 2.30. The number of aliphatic hydroxyl groups excluding tert-OH is 1. The molecule has 0 aromatic carbocycles. The van der Waals surface area contributed by atoms with Gasteiger partial charge in [-0.3, -0.25) is 4.90 Å². The molecule has 5 N–H and O–H groups in total. The lowest BCUT2D eigenvalue weighted by molar-refractivity contribution is -0.175. The minimum atomic E-state index is -3.11. The Bertz CT molecular complexity index is 609. The lowest BCUT2D eigenvalue weighted by Crippen LogP contribution is -2.49. The Morgan fingerprint density at radius 1 is 1.56 bits per heavy atom. The molecule has 0 bridgehead atoms. The summed E-state index contributed by atoms with van der Waals surface area (Å²) in [5, 5.41) is 20.2. The molecule has 0 saturated carbocycles. The van der Waals surface area contributed by atoms with Crippen molar-refractivity contribution in [3.05, 3.63) is 24.0 Å². The first-order chi connectivity index (χ1) is 11.9. The van der Waals surface area contributed by atoms with Gasteiger partial charge in [0.2, 0.25) is 6.35 Å². The molecule has 138 valence electrons. The van der Waals surface area contributed by atoms with Crippen LogP contribution < -0.4 is 11.1 Å². The zero-order valence-corrected chi connectivity index (χ0v) is 13.6. The summed E-state index contributed by atoms with van der Waals surface area (Å²) >= 11 is 0. The van der Waals surface area contributed by atoms with Gasteiger partial charge in [0.25, 0.3) is 5.92 Å². The maximum absolute atomic E-state index is 14.4. The highest BCUT2D eigenvalue weighted by molar-refractivity contribution is 5.91. The standard InChI is InChI=1S/C15H22F2N6O2/c16-15(17)7-11(9-22-6-4-20-10(8-22)1-3-18)25-13(15)23-5-2-12(19)21-14(23)24/h1-3,5,11,13-14,18,20,24H,4,6-9H2,(H2,19,21)/b10-1-,18-3?/t11-,13+,14?/m0/s1.